The maximum absolute atomic E-state index is 2.38. The van der Waals surface area contributed by atoms with Crippen molar-refractivity contribution in [1.82, 2.24) is 0 Å². The second kappa shape index (κ2) is 9.61. The molecule has 0 heterocycles. The van der Waals surface area contributed by atoms with Crippen LogP contribution < -0.4 is 0 Å². The summed E-state index contributed by atoms with van der Waals surface area (Å²) < 4.78 is 0. The van der Waals surface area contributed by atoms with E-state index in [1.54, 1.807) is 0 Å². The molecule has 1 aliphatic carbocycles. The van der Waals surface area contributed by atoms with Gasteiger partial charge in [-0.05, 0) is 54.5 Å². The Labute approximate surface area is 120 Å². The van der Waals surface area contributed by atoms with Crippen molar-refractivity contribution in [2.75, 3.05) is 0 Å². The van der Waals surface area contributed by atoms with Crippen LogP contribution in [-0.4, -0.2) is 0 Å². The van der Waals surface area contributed by atoms with E-state index in [1.165, 1.54) is 27.8 Å². The molecule has 0 radical (unpaired) electrons. The smallest absolute Gasteiger partial charge is 0.00855 e. The number of hydrogen-bond donors (Lipinski definition) is 0. The summed E-state index contributed by atoms with van der Waals surface area (Å²) in [4.78, 5) is 0. The first-order chi connectivity index (χ1) is 9.24. The maximum atomic E-state index is 2.38. The lowest BCUT2D eigenvalue weighted by Gasteiger charge is -2.09. The first kappa shape index (κ1) is 17.7. The van der Waals surface area contributed by atoms with Crippen LogP contribution in [0.3, 0.4) is 0 Å². The van der Waals surface area contributed by atoms with Crippen molar-refractivity contribution in [3.05, 3.63) is 52.6 Å². The Morgan fingerprint density at radius 2 is 1.47 bits per heavy atom. The van der Waals surface area contributed by atoms with Crippen molar-refractivity contribution in [2.24, 2.45) is 0 Å². The van der Waals surface area contributed by atoms with Crippen LogP contribution in [0.5, 0.6) is 0 Å². The summed E-state index contributed by atoms with van der Waals surface area (Å²) in [6.45, 7) is 14.7. The fourth-order valence-electron chi connectivity index (χ4n) is 2.30. The number of rotatable bonds is 1. The van der Waals surface area contributed by atoms with E-state index in [1.807, 2.05) is 27.7 Å². The lowest BCUT2D eigenvalue weighted by molar-refractivity contribution is 1.08. The third-order valence-electron chi connectivity index (χ3n) is 3.41. The summed E-state index contributed by atoms with van der Waals surface area (Å²) in [6.07, 6.45) is 4.59. The Balaban J connectivity index is 0.000000741. The van der Waals surface area contributed by atoms with Gasteiger partial charge in [-0.3, -0.25) is 0 Å². The standard InChI is InChI=1S/C15H18.2C2H6/c1-4-13-9-10-14-7-5-6-8-15(14)12(3)11(13)2;2*1-2/h5-9H,4,10H2,1-3H3;2*1-2H3. The van der Waals surface area contributed by atoms with Crippen LogP contribution in [0.25, 0.3) is 5.57 Å². The molecule has 1 aromatic rings. The predicted molar refractivity (Wildman–Crippen MR) is 89.5 cm³/mol. The van der Waals surface area contributed by atoms with Gasteiger partial charge in [0, 0.05) is 0 Å². The van der Waals surface area contributed by atoms with E-state index in [2.05, 4.69) is 51.1 Å². The average molecular weight is 258 g/mol. The van der Waals surface area contributed by atoms with Gasteiger partial charge in [0.15, 0.2) is 0 Å². The van der Waals surface area contributed by atoms with E-state index in [4.69, 9.17) is 0 Å². The Morgan fingerprint density at radius 1 is 0.895 bits per heavy atom. The third kappa shape index (κ3) is 4.38. The van der Waals surface area contributed by atoms with E-state index in [0.29, 0.717) is 0 Å². The van der Waals surface area contributed by atoms with Crippen LogP contribution in [0, 0.1) is 0 Å². The molecule has 0 nitrogen and oxygen atoms in total. The van der Waals surface area contributed by atoms with E-state index >= 15 is 0 Å². The summed E-state index contributed by atoms with van der Waals surface area (Å²) in [7, 11) is 0. The van der Waals surface area contributed by atoms with Gasteiger partial charge in [-0.25, -0.2) is 0 Å². The fraction of sp³-hybridized carbons (Fsp3) is 0.474. The highest BCUT2D eigenvalue weighted by Crippen LogP contribution is 2.30. The Hall–Kier alpha value is -1.30. The van der Waals surface area contributed by atoms with Crippen molar-refractivity contribution in [2.45, 2.75) is 61.3 Å². The molecule has 1 aliphatic rings. The van der Waals surface area contributed by atoms with E-state index in [0.717, 1.165) is 12.8 Å². The maximum Gasteiger partial charge on any atom is -0.00855 e. The average Bonchev–Trinajstić information content (AvgIpc) is 2.62. The molecule has 1 aromatic carbocycles. The minimum atomic E-state index is 1.08. The van der Waals surface area contributed by atoms with Gasteiger partial charge in [0.1, 0.15) is 0 Å². The molecule has 19 heavy (non-hydrogen) atoms. The summed E-state index contributed by atoms with van der Waals surface area (Å²) in [5.41, 5.74) is 7.29. The quantitative estimate of drug-likeness (QED) is 0.545. The molecule has 0 saturated carbocycles. The molecule has 0 heteroatoms. The molecule has 0 atom stereocenters. The van der Waals surface area contributed by atoms with Crippen LogP contribution in [-0.2, 0) is 6.42 Å². The van der Waals surface area contributed by atoms with E-state index < -0.39 is 0 Å². The lowest BCUT2D eigenvalue weighted by atomic mass is 9.96. The van der Waals surface area contributed by atoms with Gasteiger partial charge in [0.25, 0.3) is 0 Å². The van der Waals surface area contributed by atoms with Gasteiger partial charge in [-0.2, -0.15) is 0 Å². The highest BCUT2D eigenvalue weighted by atomic mass is 14.2. The number of hydrogen-bond acceptors (Lipinski definition) is 0. The van der Waals surface area contributed by atoms with Gasteiger partial charge < -0.3 is 0 Å². The van der Waals surface area contributed by atoms with Gasteiger partial charge in [0.2, 0.25) is 0 Å². The van der Waals surface area contributed by atoms with Crippen LogP contribution in [0.2, 0.25) is 0 Å². The summed E-state index contributed by atoms with van der Waals surface area (Å²) in [5, 5.41) is 0. The number of allylic oxidation sites excluding steroid dienone is 4. The molecule has 0 N–H and O–H groups in total. The molecule has 0 saturated heterocycles. The van der Waals surface area contributed by atoms with Gasteiger partial charge in [-0.15, -0.1) is 0 Å². The molecule has 0 fully saturated rings. The largest absolute Gasteiger partial charge is 0.0766 e. The molecular formula is C19H30. The molecule has 0 aliphatic heterocycles. The monoisotopic (exact) mass is 258 g/mol. The predicted octanol–water partition coefficient (Wildman–Crippen LogP) is 6.42. The topological polar surface area (TPSA) is 0 Å². The van der Waals surface area contributed by atoms with Crippen molar-refractivity contribution in [1.29, 1.82) is 0 Å². The minimum absolute atomic E-state index is 1.08. The number of fused-ring (bicyclic) bond motifs is 1. The number of benzene rings is 1. The molecule has 0 aromatic heterocycles. The van der Waals surface area contributed by atoms with Crippen molar-refractivity contribution in [3.63, 3.8) is 0 Å². The van der Waals surface area contributed by atoms with Gasteiger partial charge >= 0.3 is 0 Å². The lowest BCUT2D eigenvalue weighted by Crippen LogP contribution is -1.89. The van der Waals surface area contributed by atoms with Crippen LogP contribution in [0.15, 0.2) is 41.5 Å². The van der Waals surface area contributed by atoms with Crippen molar-refractivity contribution in [3.8, 4) is 0 Å². The van der Waals surface area contributed by atoms with Gasteiger partial charge in [0.05, 0.1) is 0 Å². The Morgan fingerprint density at radius 3 is 2.05 bits per heavy atom. The van der Waals surface area contributed by atoms with E-state index in [9.17, 15) is 0 Å². The second-order valence-electron chi connectivity index (χ2n) is 4.19. The molecule has 106 valence electrons. The SMILES string of the molecule is CC.CC.CCC1=CCc2ccccc2C(C)=C1C. The molecule has 0 unspecified atom stereocenters. The van der Waals surface area contributed by atoms with Crippen LogP contribution >= 0.6 is 0 Å². The summed E-state index contributed by atoms with van der Waals surface area (Å²) >= 11 is 0. The minimum Gasteiger partial charge on any atom is -0.0766 e. The fourth-order valence-corrected chi connectivity index (χ4v) is 2.30. The normalized spacial score (nSPS) is 13.1. The highest BCUT2D eigenvalue weighted by molar-refractivity contribution is 5.74. The molecule has 2 rings (SSSR count). The molecule has 0 spiro atoms. The molecular weight excluding hydrogens is 228 g/mol. The Bertz CT molecular complexity index is 433. The zero-order chi connectivity index (χ0) is 14.8. The first-order valence-electron chi connectivity index (χ1n) is 7.69. The second-order valence-corrected chi connectivity index (χ2v) is 4.19. The van der Waals surface area contributed by atoms with E-state index in [-0.39, 0.29) is 0 Å². The van der Waals surface area contributed by atoms with Gasteiger partial charge in [-0.1, -0.05) is 65.0 Å². The van der Waals surface area contributed by atoms with Crippen molar-refractivity contribution >= 4 is 5.57 Å². The zero-order valence-corrected chi connectivity index (χ0v) is 13.8. The highest BCUT2D eigenvalue weighted by Gasteiger charge is 2.11. The summed E-state index contributed by atoms with van der Waals surface area (Å²) in [5.74, 6) is 0. The third-order valence-corrected chi connectivity index (χ3v) is 3.41. The van der Waals surface area contributed by atoms with Crippen LogP contribution in [0.1, 0.15) is 66.0 Å². The zero-order valence-electron chi connectivity index (χ0n) is 13.8. The van der Waals surface area contributed by atoms with Crippen LogP contribution in [0.4, 0.5) is 0 Å². The Kier molecular flexibility index (Phi) is 8.95. The first-order valence-corrected chi connectivity index (χ1v) is 7.69. The summed E-state index contributed by atoms with van der Waals surface area (Å²) in [6, 6.07) is 8.74. The van der Waals surface area contributed by atoms with Crippen molar-refractivity contribution < 1.29 is 0 Å². The molecule has 0 bridgehead atoms. The molecule has 0 amide bonds.